The first-order chi connectivity index (χ1) is 8.81. The highest BCUT2D eigenvalue weighted by molar-refractivity contribution is 9.11. The van der Waals surface area contributed by atoms with Crippen molar-refractivity contribution < 1.29 is 5.11 Å². The number of aryl methyl sites for hydroxylation is 1. The van der Waals surface area contributed by atoms with Gasteiger partial charge in [0.15, 0.2) is 0 Å². The van der Waals surface area contributed by atoms with Gasteiger partial charge in [-0.25, -0.2) is 0 Å². The zero-order chi connectivity index (χ0) is 12.8. The summed E-state index contributed by atoms with van der Waals surface area (Å²) in [5, 5.41) is 12.4. The lowest BCUT2D eigenvalue weighted by molar-refractivity contribution is 0.296. The molecule has 1 aliphatic carbocycles. The quantitative estimate of drug-likeness (QED) is 0.737. The molecule has 5 heteroatoms. The molecule has 2 rings (SSSR count). The number of thioether (sulfide) groups is 1. The minimum Gasteiger partial charge on any atom is -0.396 e. The van der Waals surface area contributed by atoms with Crippen LogP contribution < -0.4 is 5.32 Å². The second-order valence-electron chi connectivity index (χ2n) is 4.52. The molecule has 0 aromatic carbocycles. The second-order valence-corrected chi connectivity index (χ2v) is 8.26. The van der Waals surface area contributed by atoms with Crippen molar-refractivity contribution in [1.82, 2.24) is 5.32 Å². The van der Waals surface area contributed by atoms with Crippen LogP contribution in [0.25, 0.3) is 0 Å². The molecule has 0 amide bonds. The third-order valence-electron chi connectivity index (χ3n) is 3.17. The fraction of sp³-hybridized carbons (Fsp3) is 0.692. The van der Waals surface area contributed by atoms with Gasteiger partial charge in [-0.3, -0.25) is 0 Å². The average molecular weight is 350 g/mol. The Kier molecular flexibility index (Phi) is 6.52. The van der Waals surface area contributed by atoms with Gasteiger partial charge in [-0.05, 0) is 59.0 Å². The maximum atomic E-state index is 8.71. The summed E-state index contributed by atoms with van der Waals surface area (Å²) in [6.45, 7) is 1.38. The fourth-order valence-corrected chi connectivity index (χ4v) is 4.93. The van der Waals surface area contributed by atoms with Crippen molar-refractivity contribution in [2.75, 3.05) is 24.7 Å². The van der Waals surface area contributed by atoms with Crippen LogP contribution in [0.1, 0.15) is 35.7 Å². The van der Waals surface area contributed by atoms with Gasteiger partial charge < -0.3 is 10.4 Å². The van der Waals surface area contributed by atoms with Crippen molar-refractivity contribution in [3.63, 3.8) is 0 Å². The fourth-order valence-electron chi connectivity index (χ4n) is 2.31. The Morgan fingerprint density at radius 2 is 2.39 bits per heavy atom. The summed E-state index contributed by atoms with van der Waals surface area (Å²) >= 11 is 7.40. The highest BCUT2D eigenvalue weighted by atomic mass is 79.9. The van der Waals surface area contributed by atoms with Gasteiger partial charge in [0.25, 0.3) is 0 Å². The van der Waals surface area contributed by atoms with E-state index < -0.39 is 0 Å². The Morgan fingerprint density at radius 1 is 1.50 bits per heavy atom. The zero-order valence-electron chi connectivity index (χ0n) is 10.5. The summed E-state index contributed by atoms with van der Waals surface area (Å²) in [6.07, 6.45) is 4.72. The van der Waals surface area contributed by atoms with E-state index in [1.54, 1.807) is 4.88 Å². The maximum absolute atomic E-state index is 8.71. The van der Waals surface area contributed by atoms with Crippen molar-refractivity contribution in [3.05, 3.63) is 20.3 Å². The van der Waals surface area contributed by atoms with E-state index in [2.05, 4.69) is 27.3 Å². The van der Waals surface area contributed by atoms with Crippen molar-refractivity contribution in [2.24, 2.45) is 0 Å². The van der Waals surface area contributed by atoms with Crippen LogP contribution in [0, 0.1) is 0 Å². The van der Waals surface area contributed by atoms with E-state index in [9.17, 15) is 0 Å². The molecule has 0 radical (unpaired) electrons. The molecule has 0 saturated carbocycles. The molecule has 0 fully saturated rings. The minimum absolute atomic E-state index is 0.315. The molecule has 1 aromatic heterocycles. The van der Waals surface area contributed by atoms with Gasteiger partial charge in [-0.2, -0.15) is 11.8 Å². The van der Waals surface area contributed by atoms with E-state index in [0.29, 0.717) is 12.6 Å². The first kappa shape index (κ1) is 14.9. The van der Waals surface area contributed by atoms with Crippen LogP contribution in [0.3, 0.4) is 0 Å². The summed E-state index contributed by atoms with van der Waals surface area (Å²) in [4.78, 5) is 1.55. The molecule has 1 unspecified atom stereocenters. The monoisotopic (exact) mass is 349 g/mol. The predicted octanol–water partition coefficient (Wildman–Crippen LogP) is 3.59. The van der Waals surface area contributed by atoms with Gasteiger partial charge in [0.1, 0.15) is 0 Å². The first-order valence-corrected chi connectivity index (χ1v) is 9.28. The smallest absolute Gasteiger partial charge is 0.0704 e. The van der Waals surface area contributed by atoms with Gasteiger partial charge >= 0.3 is 0 Å². The summed E-state index contributed by atoms with van der Waals surface area (Å²) in [5.74, 6) is 2.20. The minimum atomic E-state index is 0.315. The lowest BCUT2D eigenvalue weighted by atomic mass is 9.94. The molecular formula is C13H20BrNOS2. The SMILES string of the molecule is OCCCSCCNC1CCCc2sc(Br)cc21. The van der Waals surface area contributed by atoms with Gasteiger partial charge in [-0.15, -0.1) is 11.3 Å². The van der Waals surface area contributed by atoms with Crippen LogP contribution in [0.4, 0.5) is 0 Å². The lowest BCUT2D eigenvalue weighted by Gasteiger charge is -2.23. The second kappa shape index (κ2) is 7.90. The molecule has 1 atom stereocenters. The number of rotatable bonds is 7. The third-order valence-corrected chi connectivity index (χ3v) is 5.95. The van der Waals surface area contributed by atoms with Crippen LogP contribution in [-0.2, 0) is 6.42 Å². The molecule has 0 aliphatic heterocycles. The van der Waals surface area contributed by atoms with Crippen LogP contribution in [0.5, 0.6) is 0 Å². The van der Waals surface area contributed by atoms with E-state index in [-0.39, 0.29) is 0 Å². The maximum Gasteiger partial charge on any atom is 0.0704 e. The number of fused-ring (bicyclic) bond motifs is 1. The lowest BCUT2D eigenvalue weighted by Crippen LogP contribution is -2.26. The van der Waals surface area contributed by atoms with E-state index >= 15 is 0 Å². The molecule has 0 spiro atoms. The number of hydrogen-bond donors (Lipinski definition) is 2. The number of hydrogen-bond acceptors (Lipinski definition) is 4. The van der Waals surface area contributed by atoms with Crippen molar-refractivity contribution in [2.45, 2.75) is 31.7 Å². The number of thiophene rings is 1. The van der Waals surface area contributed by atoms with Crippen molar-refractivity contribution >= 4 is 39.0 Å². The molecule has 0 bridgehead atoms. The number of aliphatic hydroxyl groups excluding tert-OH is 1. The van der Waals surface area contributed by atoms with Gasteiger partial charge in [-0.1, -0.05) is 0 Å². The predicted molar refractivity (Wildman–Crippen MR) is 84.7 cm³/mol. The van der Waals surface area contributed by atoms with Crippen LogP contribution >= 0.6 is 39.0 Å². The molecule has 1 heterocycles. The number of nitrogens with one attached hydrogen (secondary N) is 1. The van der Waals surface area contributed by atoms with E-state index in [1.807, 2.05) is 23.1 Å². The number of aliphatic hydroxyl groups is 1. The molecule has 1 aromatic rings. The first-order valence-electron chi connectivity index (χ1n) is 6.51. The average Bonchev–Trinajstić information content (AvgIpc) is 2.74. The summed E-state index contributed by atoms with van der Waals surface area (Å²) in [6, 6.07) is 2.84. The normalized spacial score (nSPS) is 18.9. The van der Waals surface area contributed by atoms with Gasteiger partial charge in [0, 0.05) is 29.8 Å². The van der Waals surface area contributed by atoms with E-state index in [0.717, 1.165) is 24.5 Å². The molecule has 0 saturated heterocycles. The highest BCUT2D eigenvalue weighted by Gasteiger charge is 2.21. The zero-order valence-corrected chi connectivity index (χ0v) is 13.7. The molecular weight excluding hydrogens is 330 g/mol. The van der Waals surface area contributed by atoms with Crippen LogP contribution in [0.15, 0.2) is 9.85 Å². The Hall–Kier alpha value is 0.450. The summed E-state index contributed by atoms with van der Waals surface area (Å²) in [5.41, 5.74) is 1.51. The summed E-state index contributed by atoms with van der Waals surface area (Å²) < 4.78 is 1.26. The molecule has 102 valence electrons. The Bertz CT molecular complexity index is 370. The molecule has 18 heavy (non-hydrogen) atoms. The largest absolute Gasteiger partial charge is 0.396 e. The molecule has 1 aliphatic rings. The van der Waals surface area contributed by atoms with Crippen LogP contribution in [0.2, 0.25) is 0 Å². The van der Waals surface area contributed by atoms with Crippen LogP contribution in [-0.4, -0.2) is 29.8 Å². The highest BCUT2D eigenvalue weighted by Crippen LogP contribution is 2.37. The van der Waals surface area contributed by atoms with Crippen molar-refractivity contribution in [1.29, 1.82) is 0 Å². The number of halogens is 1. The molecule has 2 N–H and O–H groups in total. The van der Waals surface area contributed by atoms with Gasteiger partial charge in [0.05, 0.1) is 3.79 Å². The Balaban J connectivity index is 1.74. The Labute approximate surface area is 126 Å². The summed E-state index contributed by atoms with van der Waals surface area (Å²) in [7, 11) is 0. The third kappa shape index (κ3) is 4.23. The Morgan fingerprint density at radius 3 is 3.22 bits per heavy atom. The van der Waals surface area contributed by atoms with Gasteiger partial charge in [0.2, 0.25) is 0 Å². The molecule has 2 nitrogen and oxygen atoms in total. The van der Waals surface area contributed by atoms with Crippen molar-refractivity contribution in [3.8, 4) is 0 Å². The standard InChI is InChI=1S/C13H20BrNOS2/c14-13-9-10-11(3-1-4-12(10)18-13)15-5-8-17-7-2-6-16/h9,11,15-16H,1-8H2. The van der Waals surface area contributed by atoms with E-state index in [1.165, 1.54) is 28.6 Å². The topological polar surface area (TPSA) is 32.3 Å². The van der Waals surface area contributed by atoms with E-state index in [4.69, 9.17) is 5.11 Å².